The highest BCUT2D eigenvalue weighted by molar-refractivity contribution is 7.99. The highest BCUT2D eigenvalue weighted by Crippen LogP contribution is 2.44. The van der Waals surface area contributed by atoms with E-state index in [-0.39, 0.29) is 5.91 Å². The van der Waals surface area contributed by atoms with Gasteiger partial charge in [-0.15, -0.1) is 11.8 Å². The molecule has 1 atom stereocenters. The molecule has 1 aromatic heterocycles. The SMILES string of the molecule is NC(=O)[C@H]1CSCN1C(=O)c1ccc(C2CC2)c(OCC2CC2)n1. The maximum absolute atomic E-state index is 12.7. The van der Waals surface area contributed by atoms with Gasteiger partial charge in [-0.25, -0.2) is 4.98 Å². The van der Waals surface area contributed by atoms with Gasteiger partial charge in [0.25, 0.3) is 5.91 Å². The van der Waals surface area contributed by atoms with Gasteiger partial charge in [0.05, 0.1) is 12.5 Å². The average Bonchev–Trinajstić information content (AvgIpc) is 3.50. The number of thioether (sulfide) groups is 1. The number of hydrogen-bond acceptors (Lipinski definition) is 5. The lowest BCUT2D eigenvalue weighted by Crippen LogP contribution is -2.45. The van der Waals surface area contributed by atoms with Crippen LogP contribution in [0.5, 0.6) is 5.88 Å². The van der Waals surface area contributed by atoms with E-state index in [1.165, 1.54) is 29.5 Å². The lowest BCUT2D eigenvalue weighted by Gasteiger charge is -2.21. The number of nitrogens with two attached hydrogens (primary N) is 1. The van der Waals surface area contributed by atoms with E-state index in [4.69, 9.17) is 10.5 Å². The molecule has 2 heterocycles. The molecular formula is C17H21N3O3S. The Labute approximate surface area is 145 Å². The van der Waals surface area contributed by atoms with Gasteiger partial charge in [0.2, 0.25) is 11.8 Å². The molecule has 4 rings (SSSR count). The lowest BCUT2D eigenvalue weighted by atomic mass is 10.1. The third-order valence-corrected chi connectivity index (χ3v) is 5.76. The van der Waals surface area contributed by atoms with Crippen LogP contribution in [0.2, 0.25) is 0 Å². The average molecular weight is 347 g/mol. The number of pyridine rings is 1. The Morgan fingerprint density at radius 2 is 2.08 bits per heavy atom. The molecule has 1 saturated heterocycles. The smallest absolute Gasteiger partial charge is 0.273 e. The first-order valence-corrected chi connectivity index (χ1v) is 9.60. The number of hydrogen-bond donors (Lipinski definition) is 1. The molecular weight excluding hydrogens is 326 g/mol. The van der Waals surface area contributed by atoms with Crippen molar-refractivity contribution in [2.75, 3.05) is 18.2 Å². The zero-order valence-corrected chi connectivity index (χ0v) is 14.3. The summed E-state index contributed by atoms with van der Waals surface area (Å²) < 4.78 is 5.91. The highest BCUT2D eigenvalue weighted by Gasteiger charge is 2.35. The van der Waals surface area contributed by atoms with Crippen molar-refractivity contribution >= 4 is 23.6 Å². The number of nitrogens with zero attached hydrogens (tertiary/aromatic N) is 2. The Kier molecular flexibility index (Phi) is 4.12. The predicted molar refractivity (Wildman–Crippen MR) is 90.9 cm³/mol. The molecule has 7 heteroatoms. The highest BCUT2D eigenvalue weighted by atomic mass is 32.2. The van der Waals surface area contributed by atoms with Crippen molar-refractivity contribution in [1.29, 1.82) is 0 Å². The summed E-state index contributed by atoms with van der Waals surface area (Å²) in [4.78, 5) is 30.3. The summed E-state index contributed by atoms with van der Waals surface area (Å²) in [6, 6.07) is 3.16. The molecule has 128 valence electrons. The minimum Gasteiger partial charge on any atom is -0.477 e. The molecule has 3 aliphatic rings. The summed E-state index contributed by atoms with van der Waals surface area (Å²) >= 11 is 1.53. The molecule has 24 heavy (non-hydrogen) atoms. The summed E-state index contributed by atoms with van der Waals surface area (Å²) in [5.41, 5.74) is 6.84. The number of primary amides is 1. The first-order chi connectivity index (χ1) is 11.6. The minimum absolute atomic E-state index is 0.248. The summed E-state index contributed by atoms with van der Waals surface area (Å²) in [5.74, 6) is 2.04. The van der Waals surface area contributed by atoms with Crippen LogP contribution in [0, 0.1) is 5.92 Å². The Balaban J connectivity index is 1.56. The van der Waals surface area contributed by atoms with Gasteiger partial charge in [-0.2, -0.15) is 0 Å². The van der Waals surface area contributed by atoms with E-state index < -0.39 is 11.9 Å². The molecule has 2 amide bonds. The van der Waals surface area contributed by atoms with Gasteiger partial charge in [0, 0.05) is 11.3 Å². The summed E-state index contributed by atoms with van der Waals surface area (Å²) in [7, 11) is 0. The Morgan fingerprint density at radius 1 is 1.29 bits per heavy atom. The fraction of sp³-hybridized carbons (Fsp3) is 0.588. The fourth-order valence-electron chi connectivity index (χ4n) is 2.90. The van der Waals surface area contributed by atoms with Crippen LogP contribution in [0.4, 0.5) is 0 Å². The second-order valence-electron chi connectivity index (χ2n) is 6.81. The van der Waals surface area contributed by atoms with Crippen LogP contribution in [-0.4, -0.2) is 46.0 Å². The van der Waals surface area contributed by atoms with Crippen molar-refractivity contribution in [3.8, 4) is 5.88 Å². The largest absolute Gasteiger partial charge is 0.477 e. The quantitative estimate of drug-likeness (QED) is 0.847. The van der Waals surface area contributed by atoms with E-state index in [0.717, 1.165) is 18.4 Å². The summed E-state index contributed by atoms with van der Waals surface area (Å²) in [5, 5.41) is 0. The lowest BCUT2D eigenvalue weighted by molar-refractivity contribution is -0.121. The Morgan fingerprint density at radius 3 is 2.75 bits per heavy atom. The number of rotatable bonds is 6. The van der Waals surface area contributed by atoms with Crippen LogP contribution < -0.4 is 10.5 Å². The van der Waals surface area contributed by atoms with E-state index >= 15 is 0 Å². The Bertz CT molecular complexity index is 673. The minimum atomic E-state index is -0.553. The molecule has 1 aliphatic heterocycles. The van der Waals surface area contributed by atoms with Crippen molar-refractivity contribution in [3.05, 3.63) is 23.4 Å². The standard InChI is InChI=1S/C17H21N3O3S/c18-15(21)14-8-24-9-20(14)17(22)13-6-5-12(11-3-4-11)16(19-13)23-7-10-1-2-10/h5-6,10-11,14H,1-4,7-9H2,(H2,18,21)/t14-/m1/s1. The first kappa shape index (κ1) is 15.7. The topological polar surface area (TPSA) is 85.5 Å². The van der Waals surface area contributed by atoms with Gasteiger partial charge in [-0.3, -0.25) is 9.59 Å². The molecule has 0 aromatic carbocycles. The number of carbonyl (C=O) groups excluding carboxylic acids is 2. The summed E-state index contributed by atoms with van der Waals surface area (Å²) in [6.45, 7) is 0.674. The zero-order chi connectivity index (χ0) is 16.7. The molecule has 1 aromatic rings. The van der Waals surface area contributed by atoms with Crippen LogP contribution in [0.25, 0.3) is 0 Å². The molecule has 0 bridgehead atoms. The van der Waals surface area contributed by atoms with Crippen molar-refractivity contribution in [2.45, 2.75) is 37.6 Å². The van der Waals surface area contributed by atoms with Crippen molar-refractivity contribution < 1.29 is 14.3 Å². The third-order valence-electron chi connectivity index (χ3n) is 4.75. The van der Waals surface area contributed by atoms with E-state index in [2.05, 4.69) is 4.98 Å². The monoisotopic (exact) mass is 347 g/mol. The number of aromatic nitrogens is 1. The molecule has 2 N–H and O–H groups in total. The van der Waals surface area contributed by atoms with E-state index in [9.17, 15) is 9.59 Å². The maximum atomic E-state index is 12.7. The summed E-state index contributed by atoms with van der Waals surface area (Å²) in [6.07, 6.45) is 4.73. The van der Waals surface area contributed by atoms with Crippen LogP contribution in [0.1, 0.15) is 47.7 Å². The van der Waals surface area contributed by atoms with Crippen LogP contribution in [0.3, 0.4) is 0 Å². The van der Waals surface area contributed by atoms with E-state index in [1.807, 2.05) is 6.07 Å². The van der Waals surface area contributed by atoms with Crippen molar-refractivity contribution in [1.82, 2.24) is 9.88 Å². The Hall–Kier alpha value is -1.76. The zero-order valence-electron chi connectivity index (χ0n) is 13.4. The number of amides is 2. The van der Waals surface area contributed by atoms with Gasteiger partial charge < -0.3 is 15.4 Å². The van der Waals surface area contributed by atoms with Crippen LogP contribution in [-0.2, 0) is 4.79 Å². The van der Waals surface area contributed by atoms with Gasteiger partial charge in [0.15, 0.2) is 0 Å². The molecule has 3 fully saturated rings. The van der Waals surface area contributed by atoms with E-state index in [1.54, 1.807) is 6.07 Å². The number of ether oxygens (including phenoxy) is 1. The van der Waals surface area contributed by atoms with Crippen molar-refractivity contribution in [3.63, 3.8) is 0 Å². The molecule has 0 radical (unpaired) electrons. The second-order valence-corrected chi connectivity index (χ2v) is 7.81. The van der Waals surface area contributed by atoms with Crippen LogP contribution in [0.15, 0.2) is 12.1 Å². The first-order valence-electron chi connectivity index (χ1n) is 8.45. The van der Waals surface area contributed by atoms with Gasteiger partial charge >= 0.3 is 0 Å². The predicted octanol–water partition coefficient (Wildman–Crippen LogP) is 1.75. The molecule has 2 saturated carbocycles. The molecule has 0 spiro atoms. The third kappa shape index (κ3) is 3.22. The van der Waals surface area contributed by atoms with Gasteiger partial charge in [0.1, 0.15) is 11.7 Å². The molecule has 2 aliphatic carbocycles. The van der Waals surface area contributed by atoms with Crippen molar-refractivity contribution in [2.24, 2.45) is 11.7 Å². The number of carbonyl (C=O) groups is 2. The molecule has 6 nitrogen and oxygen atoms in total. The van der Waals surface area contributed by atoms with E-state index in [0.29, 0.717) is 41.6 Å². The molecule has 0 unspecified atom stereocenters. The second kappa shape index (κ2) is 6.27. The fourth-order valence-corrected chi connectivity index (χ4v) is 4.06. The maximum Gasteiger partial charge on any atom is 0.273 e. The van der Waals surface area contributed by atoms with Crippen LogP contribution >= 0.6 is 11.8 Å². The van der Waals surface area contributed by atoms with Gasteiger partial charge in [-0.1, -0.05) is 6.07 Å². The normalized spacial score (nSPS) is 23.3. The van der Waals surface area contributed by atoms with Gasteiger partial charge in [-0.05, 0) is 43.6 Å².